The Kier molecular flexibility index (Phi) is 7.09. The predicted octanol–water partition coefficient (Wildman–Crippen LogP) is 3.34. The standard InChI is InChI=1S/C19H28N2O3/c1-3-16(4-2)18(22)20-17-10-12-21(13-11-17)19(23)24-14-15-8-6-5-7-9-15/h5-9,16-17H,3-4,10-14H2,1-2H3,(H,20,22). The molecule has 1 heterocycles. The second-order valence-corrected chi connectivity index (χ2v) is 6.32. The Morgan fingerprint density at radius 3 is 2.38 bits per heavy atom. The molecule has 1 aliphatic heterocycles. The van der Waals surface area contributed by atoms with E-state index in [1.807, 2.05) is 44.2 Å². The van der Waals surface area contributed by atoms with Crippen LogP contribution in [0.3, 0.4) is 0 Å². The summed E-state index contributed by atoms with van der Waals surface area (Å²) in [6.07, 6.45) is 3.03. The van der Waals surface area contributed by atoms with Crippen molar-refractivity contribution in [1.29, 1.82) is 0 Å². The van der Waals surface area contributed by atoms with Crippen LogP contribution in [-0.2, 0) is 16.1 Å². The van der Waals surface area contributed by atoms with Crippen molar-refractivity contribution in [2.75, 3.05) is 13.1 Å². The maximum absolute atomic E-state index is 12.1. The summed E-state index contributed by atoms with van der Waals surface area (Å²) in [7, 11) is 0. The number of nitrogens with one attached hydrogen (secondary N) is 1. The van der Waals surface area contributed by atoms with Crippen molar-refractivity contribution in [3.05, 3.63) is 35.9 Å². The first-order valence-electron chi connectivity index (χ1n) is 8.90. The highest BCUT2D eigenvalue weighted by Gasteiger charge is 2.26. The fourth-order valence-corrected chi connectivity index (χ4v) is 3.00. The lowest BCUT2D eigenvalue weighted by molar-refractivity contribution is -0.126. The number of carbonyl (C=O) groups is 2. The zero-order valence-electron chi connectivity index (χ0n) is 14.7. The quantitative estimate of drug-likeness (QED) is 0.869. The number of piperidine rings is 1. The van der Waals surface area contributed by atoms with Gasteiger partial charge in [-0.25, -0.2) is 4.79 Å². The van der Waals surface area contributed by atoms with Gasteiger partial charge in [0.2, 0.25) is 5.91 Å². The van der Waals surface area contributed by atoms with Crippen LogP contribution in [0.25, 0.3) is 0 Å². The molecule has 2 amide bonds. The highest BCUT2D eigenvalue weighted by molar-refractivity contribution is 5.78. The summed E-state index contributed by atoms with van der Waals surface area (Å²) < 4.78 is 5.36. The van der Waals surface area contributed by atoms with Crippen molar-refractivity contribution in [1.82, 2.24) is 10.2 Å². The average Bonchev–Trinajstić information content (AvgIpc) is 2.62. The van der Waals surface area contributed by atoms with E-state index in [-0.39, 0.29) is 24.0 Å². The molecule has 0 bridgehead atoms. The van der Waals surface area contributed by atoms with Gasteiger partial charge in [-0.1, -0.05) is 44.2 Å². The van der Waals surface area contributed by atoms with Crippen LogP contribution in [0.2, 0.25) is 0 Å². The van der Waals surface area contributed by atoms with Crippen LogP contribution in [0.15, 0.2) is 30.3 Å². The van der Waals surface area contributed by atoms with E-state index in [4.69, 9.17) is 4.74 Å². The van der Waals surface area contributed by atoms with Crippen molar-refractivity contribution in [2.45, 2.75) is 52.2 Å². The molecule has 1 N–H and O–H groups in total. The molecule has 24 heavy (non-hydrogen) atoms. The van der Waals surface area contributed by atoms with E-state index in [0.717, 1.165) is 31.2 Å². The number of likely N-dealkylation sites (tertiary alicyclic amines) is 1. The van der Waals surface area contributed by atoms with Crippen LogP contribution < -0.4 is 5.32 Å². The van der Waals surface area contributed by atoms with E-state index >= 15 is 0 Å². The summed E-state index contributed by atoms with van der Waals surface area (Å²) in [4.78, 5) is 26.0. The Morgan fingerprint density at radius 1 is 1.17 bits per heavy atom. The van der Waals surface area contributed by atoms with Crippen LogP contribution in [0.4, 0.5) is 4.79 Å². The van der Waals surface area contributed by atoms with Gasteiger partial charge in [0.05, 0.1) is 0 Å². The third-order valence-corrected chi connectivity index (χ3v) is 4.66. The second-order valence-electron chi connectivity index (χ2n) is 6.32. The molecule has 0 saturated carbocycles. The van der Waals surface area contributed by atoms with Crippen molar-refractivity contribution >= 4 is 12.0 Å². The van der Waals surface area contributed by atoms with Gasteiger partial charge in [-0.05, 0) is 31.2 Å². The minimum Gasteiger partial charge on any atom is -0.445 e. The van der Waals surface area contributed by atoms with Gasteiger partial charge in [0.25, 0.3) is 0 Å². The van der Waals surface area contributed by atoms with Crippen molar-refractivity contribution < 1.29 is 14.3 Å². The van der Waals surface area contributed by atoms with Gasteiger partial charge >= 0.3 is 6.09 Å². The number of benzene rings is 1. The maximum Gasteiger partial charge on any atom is 0.410 e. The first-order chi connectivity index (χ1) is 11.6. The third kappa shape index (κ3) is 5.25. The molecule has 1 aliphatic rings. The van der Waals surface area contributed by atoms with Crippen molar-refractivity contribution in [2.24, 2.45) is 5.92 Å². The number of hydrogen-bond acceptors (Lipinski definition) is 3. The number of amides is 2. The first kappa shape index (κ1) is 18.3. The highest BCUT2D eigenvalue weighted by Crippen LogP contribution is 2.15. The van der Waals surface area contributed by atoms with Crippen molar-refractivity contribution in [3.8, 4) is 0 Å². The zero-order chi connectivity index (χ0) is 17.4. The van der Waals surface area contributed by atoms with E-state index in [1.165, 1.54) is 0 Å². The Labute approximate surface area is 144 Å². The van der Waals surface area contributed by atoms with E-state index in [2.05, 4.69) is 5.32 Å². The minimum atomic E-state index is -0.274. The van der Waals surface area contributed by atoms with Gasteiger partial charge in [-0.15, -0.1) is 0 Å². The zero-order valence-corrected chi connectivity index (χ0v) is 14.7. The smallest absolute Gasteiger partial charge is 0.410 e. The molecule has 1 aromatic rings. The molecule has 5 heteroatoms. The molecule has 0 aliphatic carbocycles. The molecule has 132 valence electrons. The normalized spacial score (nSPS) is 15.4. The monoisotopic (exact) mass is 332 g/mol. The SMILES string of the molecule is CCC(CC)C(=O)NC1CCN(C(=O)OCc2ccccc2)CC1. The highest BCUT2D eigenvalue weighted by atomic mass is 16.6. The molecular formula is C19H28N2O3. The Hall–Kier alpha value is -2.04. The molecule has 0 atom stereocenters. The number of nitrogens with zero attached hydrogens (tertiary/aromatic N) is 1. The van der Waals surface area contributed by atoms with Gasteiger partial charge in [0.15, 0.2) is 0 Å². The van der Waals surface area contributed by atoms with Gasteiger partial charge in [-0.3, -0.25) is 4.79 Å². The lowest BCUT2D eigenvalue weighted by Crippen LogP contribution is -2.47. The summed E-state index contributed by atoms with van der Waals surface area (Å²) in [5.41, 5.74) is 0.984. The Morgan fingerprint density at radius 2 is 1.79 bits per heavy atom. The fourth-order valence-electron chi connectivity index (χ4n) is 3.00. The third-order valence-electron chi connectivity index (χ3n) is 4.66. The average molecular weight is 332 g/mol. The molecule has 5 nitrogen and oxygen atoms in total. The Balaban J connectivity index is 1.72. The molecule has 0 aromatic heterocycles. The molecule has 0 spiro atoms. The summed E-state index contributed by atoms with van der Waals surface area (Å²) in [6.45, 7) is 5.63. The summed E-state index contributed by atoms with van der Waals surface area (Å²) >= 11 is 0. The van der Waals surface area contributed by atoms with E-state index < -0.39 is 0 Å². The first-order valence-corrected chi connectivity index (χ1v) is 8.90. The van der Waals surface area contributed by atoms with Gasteiger partial charge in [0, 0.05) is 25.0 Å². The molecule has 0 unspecified atom stereocenters. The molecule has 0 radical (unpaired) electrons. The number of carbonyl (C=O) groups excluding carboxylic acids is 2. The van der Waals surface area contributed by atoms with Crippen LogP contribution >= 0.6 is 0 Å². The molecule has 1 aromatic carbocycles. The van der Waals surface area contributed by atoms with Gasteiger partial charge in [-0.2, -0.15) is 0 Å². The molecule has 1 fully saturated rings. The minimum absolute atomic E-state index is 0.0962. The number of hydrogen-bond donors (Lipinski definition) is 1. The van der Waals surface area contributed by atoms with Gasteiger partial charge < -0.3 is 15.0 Å². The molecular weight excluding hydrogens is 304 g/mol. The molecule has 2 rings (SSSR count). The lowest BCUT2D eigenvalue weighted by Gasteiger charge is -2.32. The summed E-state index contributed by atoms with van der Waals surface area (Å²) in [6, 6.07) is 9.83. The molecule has 1 saturated heterocycles. The predicted molar refractivity (Wildman–Crippen MR) is 93.4 cm³/mol. The van der Waals surface area contributed by atoms with Crippen molar-refractivity contribution in [3.63, 3.8) is 0 Å². The van der Waals surface area contributed by atoms with Crippen LogP contribution in [-0.4, -0.2) is 36.0 Å². The summed E-state index contributed by atoms with van der Waals surface area (Å²) in [5.74, 6) is 0.240. The lowest BCUT2D eigenvalue weighted by atomic mass is 10.00. The number of rotatable bonds is 6. The van der Waals surface area contributed by atoms with E-state index in [0.29, 0.717) is 19.7 Å². The maximum atomic E-state index is 12.1. The number of ether oxygens (including phenoxy) is 1. The van der Waals surface area contributed by atoms with Crippen LogP contribution in [0.1, 0.15) is 45.1 Å². The van der Waals surface area contributed by atoms with E-state index in [9.17, 15) is 9.59 Å². The Bertz CT molecular complexity index is 521. The topological polar surface area (TPSA) is 58.6 Å². The van der Waals surface area contributed by atoms with Crippen LogP contribution in [0, 0.1) is 5.92 Å². The van der Waals surface area contributed by atoms with Gasteiger partial charge in [0.1, 0.15) is 6.61 Å². The summed E-state index contributed by atoms with van der Waals surface area (Å²) in [5, 5.41) is 3.12. The van der Waals surface area contributed by atoms with Crippen LogP contribution in [0.5, 0.6) is 0 Å². The fraction of sp³-hybridized carbons (Fsp3) is 0.579. The largest absolute Gasteiger partial charge is 0.445 e. The van der Waals surface area contributed by atoms with E-state index in [1.54, 1.807) is 4.90 Å². The second kappa shape index (κ2) is 9.30.